The molecular formula is C26H26N4O3S. The van der Waals surface area contributed by atoms with Gasteiger partial charge in [0.15, 0.2) is 0 Å². The van der Waals surface area contributed by atoms with Gasteiger partial charge in [0.05, 0.1) is 23.0 Å². The number of hydrogen-bond donors (Lipinski definition) is 1. The van der Waals surface area contributed by atoms with Crippen molar-refractivity contribution >= 4 is 34.1 Å². The van der Waals surface area contributed by atoms with Crippen molar-refractivity contribution in [3.63, 3.8) is 0 Å². The highest BCUT2D eigenvalue weighted by Gasteiger charge is 2.33. The summed E-state index contributed by atoms with van der Waals surface area (Å²) in [7, 11) is 1.95. The lowest BCUT2D eigenvalue weighted by Crippen LogP contribution is -2.44. The van der Waals surface area contributed by atoms with E-state index in [-0.39, 0.29) is 18.4 Å². The van der Waals surface area contributed by atoms with Crippen molar-refractivity contribution in [3.8, 4) is 10.4 Å². The van der Waals surface area contributed by atoms with Crippen LogP contribution in [0.4, 0.5) is 0 Å². The summed E-state index contributed by atoms with van der Waals surface area (Å²) in [6, 6.07) is 15.7. The molecule has 1 unspecified atom stereocenters. The summed E-state index contributed by atoms with van der Waals surface area (Å²) >= 11 is 1.51. The molecule has 1 aliphatic heterocycles. The van der Waals surface area contributed by atoms with E-state index in [2.05, 4.69) is 16.4 Å². The van der Waals surface area contributed by atoms with Gasteiger partial charge in [0, 0.05) is 36.3 Å². The summed E-state index contributed by atoms with van der Waals surface area (Å²) < 4.78 is 7.80. The van der Waals surface area contributed by atoms with Crippen molar-refractivity contribution in [3.05, 3.63) is 76.6 Å². The van der Waals surface area contributed by atoms with Gasteiger partial charge >= 0.3 is 0 Å². The highest BCUT2D eigenvalue weighted by molar-refractivity contribution is 7.15. The van der Waals surface area contributed by atoms with Crippen LogP contribution in [0.1, 0.15) is 31.4 Å². The number of hydrogen-bond acceptors (Lipinski definition) is 5. The molecule has 0 aliphatic carbocycles. The van der Waals surface area contributed by atoms with Gasteiger partial charge in [-0.25, -0.2) is 4.98 Å². The molecule has 174 valence electrons. The normalized spacial score (nSPS) is 15.7. The van der Waals surface area contributed by atoms with Gasteiger partial charge in [0.2, 0.25) is 0 Å². The Bertz CT molecular complexity index is 1390. The lowest BCUT2D eigenvalue weighted by Gasteiger charge is -2.23. The minimum atomic E-state index is -0.543. The Hall–Kier alpha value is -3.49. The summed E-state index contributed by atoms with van der Waals surface area (Å²) in [5, 5.41) is 4.68. The van der Waals surface area contributed by atoms with Crippen molar-refractivity contribution in [1.29, 1.82) is 0 Å². The number of fused-ring (bicyclic) bond motifs is 1. The van der Waals surface area contributed by atoms with Crippen LogP contribution >= 0.6 is 11.3 Å². The number of carbonyl (C=O) groups excluding carboxylic acids is 2. The van der Waals surface area contributed by atoms with Crippen molar-refractivity contribution in [2.45, 2.75) is 20.1 Å². The Morgan fingerprint density at radius 3 is 2.82 bits per heavy atom. The second-order valence-corrected chi connectivity index (χ2v) is 9.68. The molecule has 2 aromatic carbocycles. The number of rotatable bonds is 5. The first-order valence-electron chi connectivity index (χ1n) is 11.2. The largest absolute Gasteiger partial charge is 0.355 e. The molecule has 4 aromatic rings. The van der Waals surface area contributed by atoms with E-state index < -0.39 is 6.23 Å². The number of carbonyl (C=O) groups is 2. The lowest BCUT2D eigenvalue weighted by molar-refractivity contribution is 0.0277. The minimum absolute atomic E-state index is 0.178. The smallest absolute Gasteiger partial charge is 0.276 e. The molecule has 34 heavy (non-hydrogen) atoms. The van der Waals surface area contributed by atoms with Gasteiger partial charge in [-0.05, 0) is 37.6 Å². The second kappa shape index (κ2) is 9.04. The second-order valence-electron chi connectivity index (χ2n) is 8.48. The van der Waals surface area contributed by atoms with Gasteiger partial charge < -0.3 is 19.5 Å². The van der Waals surface area contributed by atoms with Gasteiger partial charge in [0.1, 0.15) is 11.9 Å². The summed E-state index contributed by atoms with van der Waals surface area (Å²) in [5.74, 6) is -0.368. The Labute approximate surface area is 202 Å². The molecule has 1 N–H and O–H groups in total. The molecule has 7 nitrogen and oxygen atoms in total. The Balaban J connectivity index is 1.34. The predicted molar refractivity (Wildman–Crippen MR) is 133 cm³/mol. The zero-order chi connectivity index (χ0) is 23.8. The first-order chi connectivity index (χ1) is 16.4. The summed E-state index contributed by atoms with van der Waals surface area (Å²) in [6.45, 7) is 5.02. The number of thiazole rings is 1. The van der Waals surface area contributed by atoms with Crippen molar-refractivity contribution in [2.75, 3.05) is 19.7 Å². The van der Waals surface area contributed by atoms with E-state index in [4.69, 9.17) is 4.74 Å². The Morgan fingerprint density at radius 2 is 2.00 bits per heavy atom. The molecule has 8 heteroatoms. The number of benzene rings is 2. The highest BCUT2D eigenvalue weighted by atomic mass is 32.1. The van der Waals surface area contributed by atoms with Gasteiger partial charge in [0.25, 0.3) is 11.8 Å². The van der Waals surface area contributed by atoms with E-state index in [1.807, 2.05) is 74.1 Å². The number of aryl methyl sites for hydroxylation is 3. The van der Waals surface area contributed by atoms with E-state index in [9.17, 15) is 9.59 Å². The average molecular weight is 475 g/mol. The lowest BCUT2D eigenvalue weighted by atomic mass is 10.1. The molecule has 0 radical (unpaired) electrons. The molecule has 0 saturated carbocycles. The van der Waals surface area contributed by atoms with Crippen molar-refractivity contribution < 1.29 is 14.3 Å². The van der Waals surface area contributed by atoms with E-state index >= 15 is 0 Å². The molecule has 0 spiro atoms. The summed E-state index contributed by atoms with van der Waals surface area (Å²) in [4.78, 5) is 33.6. The third-order valence-electron chi connectivity index (χ3n) is 6.08. The molecule has 1 atom stereocenters. The fourth-order valence-corrected chi connectivity index (χ4v) is 5.29. The maximum atomic E-state index is 13.5. The molecular weight excluding hydrogens is 448 g/mol. The number of nitrogens with one attached hydrogen (secondary N) is 1. The van der Waals surface area contributed by atoms with Crippen LogP contribution in [-0.4, -0.2) is 52.2 Å². The molecule has 0 bridgehead atoms. The van der Waals surface area contributed by atoms with Gasteiger partial charge in [-0.1, -0.05) is 35.9 Å². The Morgan fingerprint density at radius 1 is 1.18 bits per heavy atom. The number of aromatic nitrogens is 2. The van der Waals surface area contributed by atoms with E-state index in [0.29, 0.717) is 24.4 Å². The van der Waals surface area contributed by atoms with Gasteiger partial charge in [-0.3, -0.25) is 9.59 Å². The number of ether oxygens (including phenoxy) is 1. The van der Waals surface area contributed by atoms with Crippen LogP contribution in [0.2, 0.25) is 0 Å². The number of nitrogens with zero attached hydrogens (tertiary/aromatic N) is 3. The molecule has 5 rings (SSSR count). The standard InChI is InChI=1S/C26H26N4O3S/c1-16-6-4-7-18(14-16)24-23(28-17(2)34-24)26(32)30-12-13-33-22(30)15-27-25(31)20-8-5-9-21-19(20)10-11-29(21)3/h4-11,14,22H,12-13,15H2,1-3H3,(H,27,31). The Kier molecular flexibility index (Phi) is 5.93. The zero-order valence-electron chi connectivity index (χ0n) is 19.4. The molecule has 1 aliphatic rings. The van der Waals surface area contributed by atoms with E-state index in [0.717, 1.165) is 31.9 Å². The SMILES string of the molecule is Cc1cccc(-c2sc(C)nc2C(=O)N2CCOC2CNC(=O)c2cccc3c2ccn3C)c1. The van der Waals surface area contributed by atoms with Crippen LogP contribution in [0, 0.1) is 13.8 Å². The average Bonchev–Trinajstić information content (AvgIpc) is 3.55. The van der Waals surface area contributed by atoms with Gasteiger partial charge in [-0.15, -0.1) is 11.3 Å². The third kappa shape index (κ3) is 4.10. The first-order valence-corrected chi connectivity index (χ1v) is 12.0. The van der Waals surface area contributed by atoms with Gasteiger partial charge in [-0.2, -0.15) is 0 Å². The summed E-state index contributed by atoms with van der Waals surface area (Å²) in [6.07, 6.45) is 1.39. The summed E-state index contributed by atoms with van der Waals surface area (Å²) in [5.41, 5.74) is 4.13. The monoisotopic (exact) mass is 474 g/mol. The van der Waals surface area contributed by atoms with Crippen LogP contribution in [0.3, 0.4) is 0 Å². The van der Waals surface area contributed by atoms with Crippen LogP contribution in [-0.2, 0) is 11.8 Å². The predicted octanol–water partition coefficient (Wildman–Crippen LogP) is 4.15. The first kappa shape index (κ1) is 22.3. The highest BCUT2D eigenvalue weighted by Crippen LogP contribution is 2.32. The van der Waals surface area contributed by atoms with Crippen LogP contribution in [0.15, 0.2) is 54.7 Å². The van der Waals surface area contributed by atoms with E-state index in [1.54, 1.807) is 4.90 Å². The van der Waals surface area contributed by atoms with E-state index in [1.165, 1.54) is 11.3 Å². The van der Waals surface area contributed by atoms with Crippen LogP contribution < -0.4 is 5.32 Å². The third-order valence-corrected chi connectivity index (χ3v) is 7.10. The molecule has 1 saturated heterocycles. The van der Waals surface area contributed by atoms with Crippen LogP contribution in [0.25, 0.3) is 21.3 Å². The fourth-order valence-electron chi connectivity index (χ4n) is 4.39. The maximum absolute atomic E-state index is 13.5. The quantitative estimate of drug-likeness (QED) is 0.472. The van der Waals surface area contributed by atoms with Crippen LogP contribution in [0.5, 0.6) is 0 Å². The topological polar surface area (TPSA) is 76.5 Å². The minimum Gasteiger partial charge on any atom is -0.355 e. The molecule has 1 fully saturated rings. The molecule has 3 heterocycles. The number of amides is 2. The fraction of sp³-hybridized carbons (Fsp3) is 0.269. The molecule has 2 amide bonds. The zero-order valence-corrected chi connectivity index (χ0v) is 20.2. The van der Waals surface area contributed by atoms with Crippen molar-refractivity contribution in [2.24, 2.45) is 7.05 Å². The maximum Gasteiger partial charge on any atom is 0.276 e. The molecule has 2 aromatic heterocycles. The van der Waals surface area contributed by atoms with Crippen molar-refractivity contribution in [1.82, 2.24) is 19.8 Å².